The Labute approximate surface area is 229 Å². The third-order valence-electron chi connectivity index (χ3n) is 6.08. The molecule has 0 atom stereocenters. The Morgan fingerprint density at radius 1 is 0.897 bits per heavy atom. The summed E-state index contributed by atoms with van der Waals surface area (Å²) in [5.74, 6) is 1.53. The Balaban J connectivity index is 1.29. The summed E-state index contributed by atoms with van der Waals surface area (Å²) in [7, 11) is 0. The summed E-state index contributed by atoms with van der Waals surface area (Å²) in [5.41, 5.74) is 4.11. The first-order valence-electron chi connectivity index (χ1n) is 13.3. The average Bonchev–Trinajstić information content (AvgIpc) is 3.35. The van der Waals surface area contributed by atoms with Gasteiger partial charge in [-0.1, -0.05) is 65.8 Å². The van der Waals surface area contributed by atoms with E-state index in [1.807, 2.05) is 79.7 Å². The maximum atomic E-state index is 12.4. The topological polar surface area (TPSA) is 83.2 Å². The standard InChI is InChI=1S/C32H34N2O5/c1-3-36-32(35)29(20-11-10-15-25-13-6-4-7-14-25)34-38-22-26-16-12-19-28(21-26)37-23-30-24(2)39-31(33-30)27-17-8-5-9-18-27/h4-9,12-14,16-19,21H,3,10-11,15,20,22-23H2,1-2H3/b34-29+. The maximum absolute atomic E-state index is 12.4. The van der Waals surface area contributed by atoms with Gasteiger partial charge in [0, 0.05) is 12.0 Å². The van der Waals surface area contributed by atoms with Gasteiger partial charge < -0.3 is 18.7 Å². The van der Waals surface area contributed by atoms with Crippen molar-refractivity contribution < 1.29 is 23.5 Å². The van der Waals surface area contributed by atoms with Gasteiger partial charge in [-0.3, -0.25) is 0 Å². The van der Waals surface area contributed by atoms with Crippen LogP contribution >= 0.6 is 0 Å². The predicted octanol–water partition coefficient (Wildman–Crippen LogP) is 7.08. The van der Waals surface area contributed by atoms with Gasteiger partial charge in [0.2, 0.25) is 5.89 Å². The lowest BCUT2D eigenvalue weighted by atomic mass is 10.1. The molecule has 0 radical (unpaired) electrons. The molecule has 4 rings (SSSR count). The molecule has 202 valence electrons. The number of unbranched alkanes of at least 4 members (excludes halogenated alkanes) is 1. The highest BCUT2D eigenvalue weighted by Crippen LogP contribution is 2.23. The molecule has 0 saturated carbocycles. The van der Waals surface area contributed by atoms with Gasteiger partial charge in [0.25, 0.3) is 0 Å². The van der Waals surface area contributed by atoms with Gasteiger partial charge >= 0.3 is 5.97 Å². The summed E-state index contributed by atoms with van der Waals surface area (Å²) < 4.78 is 17.0. The average molecular weight is 527 g/mol. The zero-order valence-electron chi connectivity index (χ0n) is 22.5. The second-order valence-corrected chi connectivity index (χ2v) is 9.05. The van der Waals surface area contributed by atoms with Gasteiger partial charge in [0.15, 0.2) is 5.71 Å². The van der Waals surface area contributed by atoms with Gasteiger partial charge in [-0.15, -0.1) is 0 Å². The van der Waals surface area contributed by atoms with E-state index in [1.165, 1.54) is 5.56 Å². The summed E-state index contributed by atoms with van der Waals surface area (Å²) >= 11 is 0. The molecule has 0 unspecified atom stereocenters. The van der Waals surface area contributed by atoms with Crippen molar-refractivity contribution in [2.24, 2.45) is 5.16 Å². The molecule has 0 fully saturated rings. The van der Waals surface area contributed by atoms with E-state index in [0.717, 1.165) is 41.8 Å². The number of aryl methyl sites for hydroxylation is 2. The highest BCUT2D eigenvalue weighted by Gasteiger charge is 2.14. The van der Waals surface area contributed by atoms with Crippen molar-refractivity contribution in [2.75, 3.05) is 6.61 Å². The predicted molar refractivity (Wildman–Crippen MR) is 150 cm³/mol. The maximum Gasteiger partial charge on any atom is 0.356 e. The molecular weight excluding hydrogens is 492 g/mol. The largest absolute Gasteiger partial charge is 0.487 e. The molecule has 0 aliphatic heterocycles. The lowest BCUT2D eigenvalue weighted by Crippen LogP contribution is -2.18. The third kappa shape index (κ3) is 8.57. The number of carbonyl (C=O) groups is 1. The van der Waals surface area contributed by atoms with Crippen molar-refractivity contribution in [1.82, 2.24) is 4.98 Å². The molecule has 1 heterocycles. The highest BCUT2D eigenvalue weighted by molar-refractivity contribution is 6.36. The lowest BCUT2D eigenvalue weighted by Gasteiger charge is -2.08. The van der Waals surface area contributed by atoms with Crippen LogP contribution in [-0.2, 0) is 34.0 Å². The summed E-state index contributed by atoms with van der Waals surface area (Å²) in [5, 5.41) is 4.13. The van der Waals surface area contributed by atoms with Crippen molar-refractivity contribution in [2.45, 2.75) is 52.7 Å². The number of nitrogens with zero attached hydrogens (tertiary/aromatic N) is 2. The molecule has 0 saturated heterocycles. The first kappa shape index (κ1) is 27.6. The summed E-state index contributed by atoms with van der Waals surface area (Å²) in [6, 6.07) is 27.6. The fraction of sp³-hybridized carbons (Fsp3) is 0.281. The Morgan fingerprint density at radius 2 is 1.64 bits per heavy atom. The first-order valence-corrected chi connectivity index (χ1v) is 13.3. The fourth-order valence-corrected chi connectivity index (χ4v) is 3.99. The van der Waals surface area contributed by atoms with E-state index in [-0.39, 0.29) is 13.2 Å². The summed E-state index contributed by atoms with van der Waals surface area (Å²) in [6.07, 6.45) is 3.20. The second kappa shape index (κ2) is 14.5. The summed E-state index contributed by atoms with van der Waals surface area (Å²) in [4.78, 5) is 22.5. The quantitative estimate of drug-likeness (QED) is 0.0756. The van der Waals surface area contributed by atoms with Crippen LogP contribution in [0.5, 0.6) is 5.75 Å². The second-order valence-electron chi connectivity index (χ2n) is 9.05. The molecule has 0 N–H and O–H groups in total. The van der Waals surface area contributed by atoms with Crippen LogP contribution in [0.3, 0.4) is 0 Å². The van der Waals surface area contributed by atoms with E-state index in [9.17, 15) is 4.79 Å². The van der Waals surface area contributed by atoms with Crippen LogP contribution in [0.1, 0.15) is 48.8 Å². The number of oxazole rings is 1. The number of benzene rings is 3. The van der Waals surface area contributed by atoms with Gasteiger partial charge in [-0.2, -0.15) is 0 Å². The zero-order valence-corrected chi connectivity index (χ0v) is 22.5. The number of hydrogen-bond donors (Lipinski definition) is 0. The third-order valence-corrected chi connectivity index (χ3v) is 6.08. The van der Waals surface area contributed by atoms with E-state index in [0.29, 0.717) is 30.4 Å². The Bertz CT molecular complexity index is 1350. The monoisotopic (exact) mass is 526 g/mol. The minimum absolute atomic E-state index is 0.200. The normalized spacial score (nSPS) is 11.3. The van der Waals surface area contributed by atoms with E-state index in [1.54, 1.807) is 6.92 Å². The molecule has 0 aliphatic rings. The van der Waals surface area contributed by atoms with E-state index >= 15 is 0 Å². The molecular formula is C32H34N2O5. The summed E-state index contributed by atoms with van der Waals surface area (Å²) in [6.45, 7) is 4.43. The number of ether oxygens (including phenoxy) is 2. The Morgan fingerprint density at radius 3 is 2.41 bits per heavy atom. The van der Waals surface area contributed by atoms with Crippen LogP contribution in [0.25, 0.3) is 11.5 Å². The minimum atomic E-state index is -0.438. The molecule has 0 amide bonds. The first-order chi connectivity index (χ1) is 19.1. The number of carbonyl (C=O) groups excluding carboxylic acids is 1. The lowest BCUT2D eigenvalue weighted by molar-refractivity contribution is -0.135. The van der Waals surface area contributed by atoms with Crippen molar-refractivity contribution in [3.63, 3.8) is 0 Å². The van der Waals surface area contributed by atoms with Gasteiger partial charge in [0.05, 0.1) is 6.61 Å². The Kier molecular flexibility index (Phi) is 10.3. The highest BCUT2D eigenvalue weighted by atomic mass is 16.6. The fourth-order valence-electron chi connectivity index (χ4n) is 3.99. The molecule has 1 aromatic heterocycles. The molecule has 0 aliphatic carbocycles. The number of rotatable bonds is 14. The SMILES string of the molecule is CCOC(=O)/C(CCCCc1ccccc1)=N/OCc1cccc(OCc2nc(-c3ccccc3)oc2C)c1. The molecule has 7 nitrogen and oxygen atoms in total. The van der Waals surface area contributed by atoms with E-state index in [4.69, 9.17) is 18.7 Å². The van der Waals surface area contributed by atoms with Crippen molar-refractivity contribution >= 4 is 11.7 Å². The van der Waals surface area contributed by atoms with Crippen molar-refractivity contribution in [1.29, 1.82) is 0 Å². The van der Waals surface area contributed by atoms with Crippen LogP contribution < -0.4 is 4.74 Å². The van der Waals surface area contributed by atoms with Crippen LogP contribution in [0.15, 0.2) is 94.5 Å². The van der Waals surface area contributed by atoms with Crippen LogP contribution in [0, 0.1) is 6.92 Å². The molecule has 7 heteroatoms. The molecule has 0 spiro atoms. The van der Waals surface area contributed by atoms with Gasteiger partial charge in [-0.05, 0) is 68.5 Å². The van der Waals surface area contributed by atoms with Crippen molar-refractivity contribution in [3.8, 4) is 17.2 Å². The van der Waals surface area contributed by atoms with Crippen molar-refractivity contribution in [3.05, 3.63) is 108 Å². The van der Waals surface area contributed by atoms with Gasteiger partial charge in [0.1, 0.15) is 30.4 Å². The number of hydrogen-bond acceptors (Lipinski definition) is 7. The van der Waals surface area contributed by atoms with Crippen LogP contribution in [-0.4, -0.2) is 23.3 Å². The number of oxime groups is 1. The molecule has 4 aromatic rings. The molecule has 39 heavy (non-hydrogen) atoms. The molecule has 0 bridgehead atoms. The van der Waals surface area contributed by atoms with Crippen LogP contribution in [0.4, 0.5) is 0 Å². The Hall–Kier alpha value is -4.39. The number of aromatic nitrogens is 1. The van der Waals surface area contributed by atoms with Crippen LogP contribution in [0.2, 0.25) is 0 Å². The molecule has 3 aromatic carbocycles. The minimum Gasteiger partial charge on any atom is -0.487 e. The van der Waals surface area contributed by atoms with Gasteiger partial charge in [-0.25, -0.2) is 9.78 Å². The van der Waals surface area contributed by atoms with E-state index < -0.39 is 5.97 Å². The number of esters is 1. The zero-order chi connectivity index (χ0) is 27.3. The van der Waals surface area contributed by atoms with E-state index in [2.05, 4.69) is 22.3 Å². The smallest absolute Gasteiger partial charge is 0.356 e.